The molecule has 0 aliphatic carbocycles. The Morgan fingerprint density at radius 1 is 0.659 bits per heavy atom. The minimum absolute atomic E-state index is 0.0961. The molecule has 7 aromatic rings. The third kappa shape index (κ3) is 4.24. The molecule has 7 rings (SSSR count). The summed E-state index contributed by atoms with van der Waals surface area (Å²) < 4.78 is 19.5. The highest BCUT2D eigenvalue weighted by Crippen LogP contribution is 2.39. The SMILES string of the molecule is COc1ccnc(-n2c3cc(OC)ccc3c3ccc(Oc4cc(-c5ccccc5)c5cccc(O)c5n4)cc32)c1. The maximum absolute atomic E-state index is 10.7. The van der Waals surface area contributed by atoms with Crippen molar-refractivity contribution in [1.29, 1.82) is 0 Å². The van der Waals surface area contributed by atoms with Gasteiger partial charge < -0.3 is 19.3 Å². The molecule has 3 heterocycles. The Bertz CT molecular complexity index is 2070. The lowest BCUT2D eigenvalue weighted by Gasteiger charge is -2.12. The zero-order valence-corrected chi connectivity index (χ0v) is 22.4. The molecule has 7 heteroatoms. The van der Waals surface area contributed by atoms with Gasteiger partial charge in [0.25, 0.3) is 0 Å². The van der Waals surface area contributed by atoms with Crippen LogP contribution in [-0.2, 0) is 0 Å². The van der Waals surface area contributed by atoms with E-state index in [0.29, 0.717) is 28.7 Å². The molecule has 0 atom stereocenters. The molecule has 7 nitrogen and oxygen atoms in total. The fourth-order valence-electron chi connectivity index (χ4n) is 5.30. The van der Waals surface area contributed by atoms with E-state index in [2.05, 4.69) is 14.5 Å². The van der Waals surface area contributed by atoms with Crippen LogP contribution in [0.3, 0.4) is 0 Å². The van der Waals surface area contributed by atoms with Gasteiger partial charge in [-0.1, -0.05) is 42.5 Å². The minimum atomic E-state index is 0.0961. The van der Waals surface area contributed by atoms with E-state index in [0.717, 1.165) is 44.1 Å². The van der Waals surface area contributed by atoms with Gasteiger partial charge in [-0.15, -0.1) is 0 Å². The number of nitrogens with zero attached hydrogens (tertiary/aromatic N) is 3. The van der Waals surface area contributed by atoms with Crippen molar-refractivity contribution in [3.05, 3.63) is 109 Å². The lowest BCUT2D eigenvalue weighted by Crippen LogP contribution is -1.98. The maximum Gasteiger partial charge on any atom is 0.220 e. The molecule has 1 N–H and O–H groups in total. The maximum atomic E-state index is 10.7. The van der Waals surface area contributed by atoms with E-state index in [1.807, 2.05) is 97.1 Å². The number of methoxy groups -OCH3 is 2. The number of ether oxygens (including phenoxy) is 3. The first-order valence-electron chi connectivity index (χ1n) is 13.1. The van der Waals surface area contributed by atoms with Crippen LogP contribution in [0.15, 0.2) is 109 Å². The van der Waals surface area contributed by atoms with Crippen molar-refractivity contribution in [3.8, 4) is 45.8 Å². The number of fused-ring (bicyclic) bond motifs is 4. The van der Waals surface area contributed by atoms with Crippen molar-refractivity contribution >= 4 is 32.7 Å². The summed E-state index contributed by atoms with van der Waals surface area (Å²) in [4.78, 5) is 9.33. The van der Waals surface area contributed by atoms with Crippen molar-refractivity contribution in [2.45, 2.75) is 0 Å². The number of phenolic OH excluding ortho intramolecular Hbond substituents is 1. The number of aromatic hydroxyl groups is 1. The van der Waals surface area contributed by atoms with Gasteiger partial charge in [-0.25, -0.2) is 9.97 Å². The third-order valence-electron chi connectivity index (χ3n) is 7.23. The Morgan fingerprint density at radius 3 is 2.12 bits per heavy atom. The average molecular weight is 540 g/mol. The topological polar surface area (TPSA) is 78.6 Å². The molecule has 0 aliphatic heterocycles. The Labute approximate surface area is 235 Å². The van der Waals surface area contributed by atoms with Gasteiger partial charge in [0.05, 0.1) is 25.3 Å². The molecule has 4 aromatic carbocycles. The van der Waals surface area contributed by atoms with E-state index in [-0.39, 0.29) is 5.75 Å². The summed E-state index contributed by atoms with van der Waals surface area (Å²) in [5, 5.41) is 13.6. The van der Waals surface area contributed by atoms with E-state index in [9.17, 15) is 5.11 Å². The number of hydrogen-bond acceptors (Lipinski definition) is 6. The molecule has 0 spiro atoms. The van der Waals surface area contributed by atoms with Gasteiger partial charge in [-0.3, -0.25) is 4.57 Å². The minimum Gasteiger partial charge on any atom is -0.506 e. The van der Waals surface area contributed by atoms with Gasteiger partial charge in [-0.05, 0) is 47.5 Å². The van der Waals surface area contributed by atoms with Crippen molar-refractivity contribution in [3.63, 3.8) is 0 Å². The van der Waals surface area contributed by atoms with Crippen molar-refractivity contribution in [2.24, 2.45) is 0 Å². The van der Waals surface area contributed by atoms with E-state index in [4.69, 9.17) is 14.2 Å². The Kier molecular flexibility index (Phi) is 5.90. The van der Waals surface area contributed by atoms with Gasteiger partial charge in [-0.2, -0.15) is 0 Å². The molecule has 0 unspecified atom stereocenters. The normalized spacial score (nSPS) is 11.3. The van der Waals surface area contributed by atoms with E-state index >= 15 is 0 Å². The Balaban J connectivity index is 1.41. The van der Waals surface area contributed by atoms with Crippen LogP contribution in [-0.4, -0.2) is 33.9 Å². The van der Waals surface area contributed by atoms with E-state index in [1.165, 1.54) is 0 Å². The quantitative estimate of drug-likeness (QED) is 0.231. The first-order valence-corrected chi connectivity index (χ1v) is 13.1. The largest absolute Gasteiger partial charge is 0.506 e. The van der Waals surface area contributed by atoms with Gasteiger partial charge in [0, 0.05) is 46.6 Å². The monoisotopic (exact) mass is 539 g/mol. The predicted octanol–water partition coefficient (Wildman–Crippen LogP) is 7.91. The highest BCUT2D eigenvalue weighted by molar-refractivity contribution is 6.10. The summed E-state index contributed by atoms with van der Waals surface area (Å²) in [6.45, 7) is 0. The van der Waals surface area contributed by atoms with Gasteiger partial charge in [0.1, 0.15) is 34.3 Å². The summed E-state index contributed by atoms with van der Waals surface area (Å²) in [6, 6.07) is 33.0. The highest BCUT2D eigenvalue weighted by Gasteiger charge is 2.17. The molecule has 200 valence electrons. The van der Waals surface area contributed by atoms with Gasteiger partial charge in [0.15, 0.2) is 0 Å². The van der Waals surface area contributed by atoms with Crippen molar-refractivity contribution < 1.29 is 19.3 Å². The van der Waals surface area contributed by atoms with Crippen LogP contribution >= 0.6 is 0 Å². The second-order valence-corrected chi connectivity index (χ2v) is 9.60. The average Bonchev–Trinajstić information content (AvgIpc) is 3.34. The van der Waals surface area contributed by atoms with Crippen molar-refractivity contribution in [2.75, 3.05) is 14.2 Å². The highest BCUT2D eigenvalue weighted by atomic mass is 16.5. The van der Waals surface area contributed by atoms with Crippen molar-refractivity contribution in [1.82, 2.24) is 14.5 Å². The number of pyridine rings is 2. The van der Waals surface area contributed by atoms with Gasteiger partial charge in [0.2, 0.25) is 5.88 Å². The summed E-state index contributed by atoms with van der Waals surface area (Å²) in [5.41, 5.74) is 4.25. The van der Waals surface area contributed by atoms with Crippen LogP contribution in [0.25, 0.3) is 49.7 Å². The van der Waals surface area contributed by atoms with Crippen LogP contribution in [0.4, 0.5) is 0 Å². The summed E-state index contributed by atoms with van der Waals surface area (Å²) in [7, 11) is 3.29. The molecule has 0 bridgehead atoms. The zero-order chi connectivity index (χ0) is 27.9. The molecule has 0 amide bonds. The number of para-hydroxylation sites is 1. The van der Waals surface area contributed by atoms with Crippen LogP contribution in [0.2, 0.25) is 0 Å². The number of hydrogen-bond donors (Lipinski definition) is 1. The second kappa shape index (κ2) is 9.88. The molecule has 0 aliphatic rings. The van der Waals surface area contributed by atoms with Crippen LogP contribution in [0.5, 0.6) is 28.9 Å². The molecular formula is C34H25N3O4. The molecule has 0 saturated heterocycles. The molecule has 41 heavy (non-hydrogen) atoms. The zero-order valence-electron chi connectivity index (χ0n) is 22.4. The number of aromatic nitrogens is 3. The molecule has 0 saturated carbocycles. The van der Waals surface area contributed by atoms with E-state index in [1.54, 1.807) is 26.5 Å². The summed E-state index contributed by atoms with van der Waals surface area (Å²) in [5.74, 6) is 3.22. The predicted molar refractivity (Wildman–Crippen MR) is 161 cm³/mol. The van der Waals surface area contributed by atoms with Crippen LogP contribution < -0.4 is 14.2 Å². The smallest absolute Gasteiger partial charge is 0.220 e. The van der Waals surface area contributed by atoms with E-state index < -0.39 is 0 Å². The first kappa shape index (κ1) is 24.5. The Hall–Kier alpha value is -5.56. The lowest BCUT2D eigenvalue weighted by atomic mass is 10.0. The molecule has 0 fully saturated rings. The summed E-state index contributed by atoms with van der Waals surface area (Å²) in [6.07, 6.45) is 1.73. The molecular weight excluding hydrogens is 514 g/mol. The fourth-order valence-corrected chi connectivity index (χ4v) is 5.30. The fraction of sp³-hybridized carbons (Fsp3) is 0.0588. The van der Waals surface area contributed by atoms with Crippen LogP contribution in [0, 0.1) is 0 Å². The molecule has 0 radical (unpaired) electrons. The number of rotatable bonds is 6. The third-order valence-corrected chi connectivity index (χ3v) is 7.23. The molecule has 3 aromatic heterocycles. The Morgan fingerprint density at radius 2 is 1.37 bits per heavy atom. The van der Waals surface area contributed by atoms with Gasteiger partial charge >= 0.3 is 0 Å². The second-order valence-electron chi connectivity index (χ2n) is 9.60. The number of benzene rings is 4. The number of phenols is 1. The first-order chi connectivity index (χ1) is 20.1. The lowest BCUT2D eigenvalue weighted by molar-refractivity contribution is 0.414. The summed E-state index contributed by atoms with van der Waals surface area (Å²) >= 11 is 0. The van der Waals surface area contributed by atoms with Crippen LogP contribution in [0.1, 0.15) is 0 Å². The standard InChI is InChI=1S/C34H25N3O4/c1-39-22-11-13-25-26-14-12-24(18-30(26)37(29(25)17-22)32-19-23(40-2)15-16-35-32)41-33-20-28(21-7-4-3-5-8-21)27-9-6-10-31(38)34(27)36-33/h3-20,38H,1-2H3.